The lowest BCUT2D eigenvalue weighted by Crippen LogP contribution is -2.42. The van der Waals surface area contributed by atoms with Crippen molar-refractivity contribution in [3.05, 3.63) is 59.8 Å². The number of rotatable bonds is 8. The number of nitrogens with zero attached hydrogens (tertiary/aromatic N) is 6. The summed E-state index contributed by atoms with van der Waals surface area (Å²) in [5, 5.41) is 24.9. The molecule has 0 aliphatic carbocycles. The Kier molecular flexibility index (Phi) is 8.69. The maximum Gasteiger partial charge on any atom is 0.248 e. The summed E-state index contributed by atoms with van der Waals surface area (Å²) < 4.78 is 2.23. The number of carbonyl (C=O) groups excluding carboxylic acids is 1. The third-order valence-electron chi connectivity index (χ3n) is 6.34. The van der Waals surface area contributed by atoms with Crippen LogP contribution in [0.3, 0.4) is 0 Å². The van der Waals surface area contributed by atoms with Gasteiger partial charge >= 0.3 is 0 Å². The van der Waals surface area contributed by atoms with Gasteiger partial charge < -0.3 is 25.5 Å². The second-order valence-corrected chi connectivity index (χ2v) is 11.4. The van der Waals surface area contributed by atoms with E-state index in [1.807, 2.05) is 25.1 Å². The molecule has 1 amide bonds. The van der Waals surface area contributed by atoms with Crippen LogP contribution in [0, 0.1) is 0 Å². The van der Waals surface area contributed by atoms with E-state index in [0.29, 0.717) is 45.5 Å². The summed E-state index contributed by atoms with van der Waals surface area (Å²) in [6, 6.07) is 10.6. The number of phenolic OH excluding ortho intramolecular Hbond substituents is 1. The van der Waals surface area contributed by atoms with Crippen LogP contribution in [-0.2, 0) is 4.79 Å². The number of halogens is 2. The van der Waals surface area contributed by atoms with Crippen molar-refractivity contribution in [2.24, 2.45) is 0 Å². The molecule has 11 nitrogen and oxygen atoms in total. The van der Waals surface area contributed by atoms with Crippen LogP contribution in [0.25, 0.3) is 22.3 Å². The summed E-state index contributed by atoms with van der Waals surface area (Å²) in [5.74, 6) is 0.314. The number of amides is 1. The molecule has 0 saturated carbocycles. The van der Waals surface area contributed by atoms with Crippen molar-refractivity contribution >= 4 is 74.4 Å². The van der Waals surface area contributed by atoms with Gasteiger partial charge in [-0.1, -0.05) is 17.7 Å². The number of likely N-dealkylation sites (N-methyl/N-ethyl adjacent to an activating group) is 1. The number of nitrogens with one attached hydrogen (secondary N) is 3. The SMILES string of the molecule is CN(C)C/C=C/C(=O)Nc1ccc(Cl)c(-c2nc(Nc3ccc(O)c(N4CCN(I)CC4)c3)nc3[nH]ncc23)c1. The first-order chi connectivity index (χ1) is 19.3. The topological polar surface area (TPSA) is 126 Å². The number of hydrogen-bond donors (Lipinski definition) is 4. The average Bonchev–Trinajstić information content (AvgIpc) is 3.40. The van der Waals surface area contributed by atoms with E-state index in [0.717, 1.165) is 37.6 Å². The maximum atomic E-state index is 12.4. The zero-order valence-electron chi connectivity index (χ0n) is 22.0. The van der Waals surface area contributed by atoms with Gasteiger partial charge in [0.05, 0.1) is 28.0 Å². The highest BCUT2D eigenvalue weighted by Crippen LogP contribution is 2.36. The van der Waals surface area contributed by atoms with Gasteiger partial charge in [0.15, 0.2) is 5.65 Å². The Balaban J connectivity index is 1.44. The fourth-order valence-electron chi connectivity index (χ4n) is 4.34. The predicted octanol–water partition coefficient (Wildman–Crippen LogP) is 4.65. The number of phenols is 1. The van der Waals surface area contributed by atoms with Crippen LogP contribution in [0.4, 0.5) is 23.0 Å². The zero-order chi connectivity index (χ0) is 28.2. The molecular formula is C27H29ClIN9O2. The van der Waals surface area contributed by atoms with E-state index in [1.165, 1.54) is 6.08 Å². The second kappa shape index (κ2) is 12.4. The normalized spacial score (nSPS) is 14.4. The van der Waals surface area contributed by atoms with E-state index in [-0.39, 0.29) is 11.7 Å². The largest absolute Gasteiger partial charge is 0.506 e. The molecule has 0 spiro atoms. The smallest absolute Gasteiger partial charge is 0.248 e. The molecule has 0 atom stereocenters. The lowest BCUT2D eigenvalue weighted by Gasteiger charge is -2.33. The van der Waals surface area contributed by atoms with Crippen molar-refractivity contribution in [1.29, 1.82) is 0 Å². The van der Waals surface area contributed by atoms with E-state index >= 15 is 0 Å². The van der Waals surface area contributed by atoms with Crippen molar-refractivity contribution in [2.45, 2.75) is 0 Å². The standard InChI is InChI=1S/C27H29ClIN9O2/c1-36(2)9-3-4-24(40)31-17-5-7-21(28)19(14-17)25-20-16-30-35-26(20)34-27(33-25)32-18-6-8-23(39)22(15-18)37-10-12-38(29)13-11-37/h3-8,14-16,39H,9-13H2,1-2H3,(H,31,40)(H2,30,32,33,34,35)/b4-3+. The predicted molar refractivity (Wildman–Crippen MR) is 168 cm³/mol. The Bertz CT molecular complexity index is 1550. The van der Waals surface area contributed by atoms with E-state index in [1.54, 1.807) is 42.6 Å². The van der Waals surface area contributed by atoms with Crippen molar-refractivity contribution in [2.75, 3.05) is 62.4 Å². The van der Waals surface area contributed by atoms with Gasteiger partial charge in [0.2, 0.25) is 11.9 Å². The number of H-pyrrole nitrogens is 1. The number of benzene rings is 2. The lowest BCUT2D eigenvalue weighted by atomic mass is 10.1. The molecule has 5 rings (SSSR count). The van der Waals surface area contributed by atoms with Gasteiger partial charge in [0.25, 0.3) is 0 Å². The number of carbonyl (C=O) groups is 1. The molecule has 1 aliphatic heterocycles. The highest BCUT2D eigenvalue weighted by atomic mass is 127. The summed E-state index contributed by atoms with van der Waals surface area (Å²) in [5.41, 5.74) is 3.77. The summed E-state index contributed by atoms with van der Waals surface area (Å²) in [6.07, 6.45) is 4.94. The average molecular weight is 674 g/mol. The minimum atomic E-state index is -0.239. The third kappa shape index (κ3) is 6.63. The molecule has 4 aromatic rings. The van der Waals surface area contributed by atoms with Gasteiger partial charge in [0.1, 0.15) is 5.75 Å². The quantitative estimate of drug-likeness (QED) is 0.0916. The summed E-state index contributed by atoms with van der Waals surface area (Å²) >= 11 is 8.94. The van der Waals surface area contributed by atoms with Crippen LogP contribution in [-0.4, -0.2) is 86.0 Å². The van der Waals surface area contributed by atoms with E-state index in [4.69, 9.17) is 16.6 Å². The van der Waals surface area contributed by atoms with Gasteiger partial charge in [-0.15, -0.1) is 0 Å². The number of aromatic amines is 1. The van der Waals surface area contributed by atoms with E-state index in [9.17, 15) is 9.90 Å². The van der Waals surface area contributed by atoms with Crippen molar-refractivity contribution in [3.63, 3.8) is 0 Å². The first kappa shape index (κ1) is 28.1. The molecule has 2 aromatic heterocycles. The highest BCUT2D eigenvalue weighted by molar-refractivity contribution is 14.1. The van der Waals surface area contributed by atoms with Crippen LogP contribution in [0.1, 0.15) is 0 Å². The molecular weight excluding hydrogens is 645 g/mol. The molecule has 0 bridgehead atoms. The van der Waals surface area contributed by atoms with Crippen molar-refractivity contribution in [1.82, 2.24) is 28.2 Å². The number of anilines is 4. The Morgan fingerprint density at radius 1 is 1.15 bits per heavy atom. The lowest BCUT2D eigenvalue weighted by molar-refractivity contribution is -0.111. The van der Waals surface area contributed by atoms with Gasteiger partial charge in [-0.25, -0.2) is 8.10 Å². The molecule has 40 heavy (non-hydrogen) atoms. The summed E-state index contributed by atoms with van der Waals surface area (Å²) in [4.78, 5) is 25.9. The van der Waals surface area contributed by atoms with Gasteiger partial charge in [-0.2, -0.15) is 10.1 Å². The van der Waals surface area contributed by atoms with Crippen LogP contribution >= 0.6 is 34.5 Å². The molecule has 13 heteroatoms. The number of piperazine rings is 1. The molecule has 3 heterocycles. The molecule has 0 radical (unpaired) electrons. The highest BCUT2D eigenvalue weighted by Gasteiger charge is 2.19. The minimum absolute atomic E-state index is 0.222. The summed E-state index contributed by atoms with van der Waals surface area (Å²) in [6.45, 7) is 4.11. The Morgan fingerprint density at radius 2 is 1.93 bits per heavy atom. The molecule has 1 fully saturated rings. The van der Waals surface area contributed by atoms with Gasteiger partial charge in [-0.05, 0) is 50.5 Å². The fraction of sp³-hybridized carbons (Fsp3) is 0.259. The van der Waals surface area contributed by atoms with Crippen LogP contribution in [0.2, 0.25) is 5.02 Å². The second-order valence-electron chi connectivity index (χ2n) is 9.60. The molecule has 4 N–H and O–H groups in total. The first-order valence-corrected chi connectivity index (χ1v) is 14.0. The van der Waals surface area contributed by atoms with E-state index in [2.05, 4.69) is 56.7 Å². The zero-order valence-corrected chi connectivity index (χ0v) is 24.9. The van der Waals surface area contributed by atoms with Gasteiger partial charge in [0, 0.05) is 78.6 Å². The number of aromatic nitrogens is 4. The van der Waals surface area contributed by atoms with E-state index < -0.39 is 0 Å². The number of hydrogen-bond acceptors (Lipinski definition) is 9. The van der Waals surface area contributed by atoms with Crippen LogP contribution < -0.4 is 15.5 Å². The molecule has 2 aromatic carbocycles. The molecule has 208 valence electrons. The number of aromatic hydroxyl groups is 1. The fourth-order valence-corrected chi connectivity index (χ4v) is 4.98. The first-order valence-electron chi connectivity index (χ1n) is 12.7. The van der Waals surface area contributed by atoms with Crippen molar-refractivity contribution in [3.8, 4) is 17.0 Å². The Morgan fingerprint density at radius 3 is 2.70 bits per heavy atom. The molecule has 0 unspecified atom stereocenters. The minimum Gasteiger partial charge on any atom is -0.506 e. The van der Waals surface area contributed by atoms with Gasteiger partial charge in [-0.3, -0.25) is 9.89 Å². The number of fused-ring (bicyclic) bond motifs is 1. The maximum absolute atomic E-state index is 12.4. The van der Waals surface area contributed by atoms with Crippen LogP contribution in [0.15, 0.2) is 54.7 Å². The van der Waals surface area contributed by atoms with Crippen molar-refractivity contribution < 1.29 is 9.90 Å². The van der Waals surface area contributed by atoms with Crippen LogP contribution in [0.5, 0.6) is 5.75 Å². The summed E-state index contributed by atoms with van der Waals surface area (Å²) in [7, 11) is 3.87. The Hall–Kier alpha value is -3.46. The molecule has 1 saturated heterocycles. The third-order valence-corrected chi connectivity index (χ3v) is 7.63. The molecule has 1 aliphatic rings. The Labute approximate surface area is 250 Å². The monoisotopic (exact) mass is 673 g/mol.